The van der Waals surface area contributed by atoms with Crippen molar-refractivity contribution in [2.24, 2.45) is 0 Å². The van der Waals surface area contributed by atoms with Crippen LogP contribution in [0, 0.1) is 5.82 Å². The number of carbonyl (C=O) groups excluding carboxylic acids is 1. The summed E-state index contributed by atoms with van der Waals surface area (Å²) in [5, 5.41) is 3.24. The van der Waals surface area contributed by atoms with Gasteiger partial charge in [-0.2, -0.15) is 0 Å². The standard InChI is InChI=1S/C13H17FN2O2.ClH/c1-9-8-16(6-5-15-9)13(17)11-4-3-10(18-2)7-12(11)14;/h3-4,7,9,15H,5-6,8H2,1-2H3;1H/t9-;/m1./s1. The van der Waals surface area contributed by atoms with Gasteiger partial charge in [-0.25, -0.2) is 4.39 Å². The van der Waals surface area contributed by atoms with Crippen LogP contribution in [0.15, 0.2) is 18.2 Å². The van der Waals surface area contributed by atoms with Gasteiger partial charge in [-0.1, -0.05) is 0 Å². The Hall–Kier alpha value is -1.33. The molecule has 1 aliphatic heterocycles. The van der Waals surface area contributed by atoms with Crippen LogP contribution in [0.1, 0.15) is 17.3 Å². The number of amides is 1. The van der Waals surface area contributed by atoms with E-state index in [4.69, 9.17) is 4.74 Å². The first kappa shape index (κ1) is 15.7. The van der Waals surface area contributed by atoms with Gasteiger partial charge in [0.05, 0.1) is 12.7 Å². The largest absolute Gasteiger partial charge is 0.497 e. The number of halogens is 2. The van der Waals surface area contributed by atoms with Gasteiger partial charge < -0.3 is 15.0 Å². The second kappa shape index (κ2) is 6.73. The van der Waals surface area contributed by atoms with E-state index in [0.29, 0.717) is 18.8 Å². The molecule has 19 heavy (non-hydrogen) atoms. The highest BCUT2D eigenvalue weighted by molar-refractivity contribution is 5.94. The second-order valence-corrected chi connectivity index (χ2v) is 4.45. The number of ether oxygens (including phenoxy) is 1. The summed E-state index contributed by atoms with van der Waals surface area (Å²) >= 11 is 0. The number of carbonyl (C=O) groups is 1. The fourth-order valence-corrected chi connectivity index (χ4v) is 2.08. The summed E-state index contributed by atoms with van der Waals surface area (Å²) in [5.74, 6) is -0.383. The molecule has 4 nitrogen and oxygen atoms in total. The number of nitrogens with one attached hydrogen (secondary N) is 1. The first-order valence-electron chi connectivity index (χ1n) is 5.98. The fourth-order valence-electron chi connectivity index (χ4n) is 2.08. The number of methoxy groups -OCH3 is 1. The third-order valence-electron chi connectivity index (χ3n) is 3.06. The maximum Gasteiger partial charge on any atom is 0.256 e. The molecule has 6 heteroatoms. The van der Waals surface area contributed by atoms with Crippen LogP contribution in [0.4, 0.5) is 4.39 Å². The van der Waals surface area contributed by atoms with Crippen molar-refractivity contribution in [1.29, 1.82) is 0 Å². The van der Waals surface area contributed by atoms with Crippen molar-refractivity contribution in [3.63, 3.8) is 0 Å². The van der Waals surface area contributed by atoms with E-state index in [-0.39, 0.29) is 29.9 Å². The molecule has 0 aliphatic carbocycles. The smallest absolute Gasteiger partial charge is 0.256 e. The molecule has 1 aromatic carbocycles. The Balaban J connectivity index is 0.00000180. The highest BCUT2D eigenvalue weighted by Gasteiger charge is 2.23. The molecule has 2 rings (SSSR count). The topological polar surface area (TPSA) is 41.6 Å². The molecule has 1 fully saturated rings. The summed E-state index contributed by atoms with van der Waals surface area (Å²) in [6, 6.07) is 4.55. The summed E-state index contributed by atoms with van der Waals surface area (Å²) in [7, 11) is 1.47. The lowest BCUT2D eigenvalue weighted by molar-refractivity contribution is 0.0704. The predicted octanol–water partition coefficient (Wildman–Crippen LogP) is 1.69. The molecule has 1 heterocycles. The molecule has 0 saturated carbocycles. The molecule has 1 aromatic rings. The van der Waals surface area contributed by atoms with Gasteiger partial charge in [0.25, 0.3) is 5.91 Å². The zero-order chi connectivity index (χ0) is 13.1. The van der Waals surface area contributed by atoms with Crippen LogP contribution in [0.5, 0.6) is 5.75 Å². The molecule has 1 saturated heterocycles. The van der Waals surface area contributed by atoms with Crippen LogP contribution in [0.25, 0.3) is 0 Å². The van der Waals surface area contributed by atoms with Crippen molar-refractivity contribution < 1.29 is 13.9 Å². The van der Waals surface area contributed by atoms with Crippen molar-refractivity contribution in [2.45, 2.75) is 13.0 Å². The third-order valence-corrected chi connectivity index (χ3v) is 3.06. The molecule has 106 valence electrons. The van der Waals surface area contributed by atoms with E-state index in [9.17, 15) is 9.18 Å². The van der Waals surface area contributed by atoms with Crippen molar-refractivity contribution in [3.05, 3.63) is 29.6 Å². The Morgan fingerprint density at radius 3 is 2.84 bits per heavy atom. The van der Waals surface area contributed by atoms with Crippen molar-refractivity contribution >= 4 is 18.3 Å². The van der Waals surface area contributed by atoms with E-state index in [0.717, 1.165) is 6.54 Å². The van der Waals surface area contributed by atoms with Crippen LogP contribution < -0.4 is 10.1 Å². The minimum atomic E-state index is -0.537. The van der Waals surface area contributed by atoms with E-state index < -0.39 is 5.82 Å². The van der Waals surface area contributed by atoms with Crippen molar-refractivity contribution in [1.82, 2.24) is 10.2 Å². The van der Waals surface area contributed by atoms with Gasteiger partial charge in [-0.15, -0.1) is 12.4 Å². The van der Waals surface area contributed by atoms with E-state index in [1.165, 1.54) is 19.2 Å². The van der Waals surface area contributed by atoms with Gasteiger partial charge in [-0.3, -0.25) is 4.79 Å². The SMILES string of the molecule is COc1ccc(C(=O)N2CCN[C@H](C)C2)c(F)c1.Cl. The first-order chi connectivity index (χ1) is 8.61. The highest BCUT2D eigenvalue weighted by Crippen LogP contribution is 2.18. The minimum absolute atomic E-state index is 0. The van der Waals surface area contributed by atoms with Gasteiger partial charge in [0, 0.05) is 31.7 Å². The molecule has 1 atom stereocenters. The second-order valence-electron chi connectivity index (χ2n) is 4.45. The minimum Gasteiger partial charge on any atom is -0.497 e. The zero-order valence-corrected chi connectivity index (χ0v) is 11.8. The maximum absolute atomic E-state index is 13.8. The van der Waals surface area contributed by atoms with Crippen LogP contribution in [0.2, 0.25) is 0 Å². The summed E-state index contributed by atoms with van der Waals surface area (Å²) in [6.45, 7) is 3.95. The number of benzene rings is 1. The molecule has 1 amide bonds. The Morgan fingerprint density at radius 1 is 1.53 bits per heavy atom. The van der Waals surface area contributed by atoms with Crippen LogP contribution in [-0.4, -0.2) is 43.6 Å². The number of rotatable bonds is 2. The summed E-state index contributed by atoms with van der Waals surface area (Å²) in [5.41, 5.74) is 0.102. The van der Waals surface area contributed by atoms with E-state index in [1.807, 2.05) is 6.92 Å². The van der Waals surface area contributed by atoms with E-state index in [2.05, 4.69) is 5.32 Å². The molecular formula is C13H18ClFN2O2. The van der Waals surface area contributed by atoms with Crippen LogP contribution in [0.3, 0.4) is 0 Å². The molecule has 0 unspecified atom stereocenters. The number of hydrogen-bond acceptors (Lipinski definition) is 3. The van der Waals surface area contributed by atoms with Gasteiger partial charge in [-0.05, 0) is 19.1 Å². The average molecular weight is 289 g/mol. The predicted molar refractivity (Wildman–Crippen MR) is 73.6 cm³/mol. The van der Waals surface area contributed by atoms with Crippen LogP contribution >= 0.6 is 12.4 Å². The summed E-state index contributed by atoms with van der Waals surface area (Å²) < 4.78 is 18.7. The Labute approximate surface area is 118 Å². The zero-order valence-electron chi connectivity index (χ0n) is 11.0. The fraction of sp³-hybridized carbons (Fsp3) is 0.462. The summed E-state index contributed by atoms with van der Waals surface area (Å²) in [6.07, 6.45) is 0. The molecule has 0 radical (unpaired) electrons. The van der Waals surface area contributed by atoms with Crippen molar-refractivity contribution in [2.75, 3.05) is 26.7 Å². The Kier molecular flexibility index (Phi) is 5.57. The molecular weight excluding hydrogens is 271 g/mol. The highest BCUT2D eigenvalue weighted by atomic mass is 35.5. The first-order valence-corrected chi connectivity index (χ1v) is 5.98. The van der Waals surface area contributed by atoms with Gasteiger partial charge in [0.2, 0.25) is 0 Å². The van der Waals surface area contributed by atoms with Gasteiger partial charge in [0.15, 0.2) is 0 Å². The number of piperazine rings is 1. The monoisotopic (exact) mass is 288 g/mol. The Bertz CT molecular complexity index is 456. The van der Waals surface area contributed by atoms with Crippen LogP contribution in [-0.2, 0) is 0 Å². The molecule has 1 aliphatic rings. The molecule has 0 bridgehead atoms. The number of nitrogens with zero attached hydrogens (tertiary/aromatic N) is 1. The quantitative estimate of drug-likeness (QED) is 0.900. The average Bonchev–Trinajstić information content (AvgIpc) is 2.37. The van der Waals surface area contributed by atoms with Gasteiger partial charge >= 0.3 is 0 Å². The lowest BCUT2D eigenvalue weighted by Crippen LogP contribution is -2.51. The number of hydrogen-bond donors (Lipinski definition) is 1. The van der Waals surface area contributed by atoms with Crippen molar-refractivity contribution in [3.8, 4) is 5.75 Å². The molecule has 1 N–H and O–H groups in total. The maximum atomic E-state index is 13.8. The normalized spacial score (nSPS) is 18.7. The summed E-state index contributed by atoms with van der Waals surface area (Å²) in [4.78, 5) is 13.9. The lowest BCUT2D eigenvalue weighted by atomic mass is 10.1. The third kappa shape index (κ3) is 3.58. The van der Waals surface area contributed by atoms with E-state index in [1.54, 1.807) is 11.0 Å². The van der Waals surface area contributed by atoms with Gasteiger partial charge in [0.1, 0.15) is 11.6 Å². The lowest BCUT2D eigenvalue weighted by Gasteiger charge is -2.32. The molecule has 0 aromatic heterocycles. The van der Waals surface area contributed by atoms with E-state index >= 15 is 0 Å². The molecule has 0 spiro atoms. The Morgan fingerprint density at radius 2 is 2.26 bits per heavy atom.